The van der Waals surface area contributed by atoms with Gasteiger partial charge in [0.15, 0.2) is 0 Å². The third-order valence-electron chi connectivity index (χ3n) is 6.99. The van der Waals surface area contributed by atoms with Gasteiger partial charge in [0.05, 0.1) is 21.8 Å². The number of aromatic nitrogens is 4. The summed E-state index contributed by atoms with van der Waals surface area (Å²) < 4.78 is 0. The number of imide groups is 1. The second-order valence-electron chi connectivity index (χ2n) is 9.62. The summed E-state index contributed by atoms with van der Waals surface area (Å²) in [5.41, 5.74) is 4.84. The summed E-state index contributed by atoms with van der Waals surface area (Å²) >= 11 is 0.891. The van der Waals surface area contributed by atoms with E-state index in [2.05, 4.69) is 53.7 Å². The van der Waals surface area contributed by atoms with Crippen molar-refractivity contribution in [2.24, 2.45) is 5.92 Å². The lowest BCUT2D eigenvalue weighted by molar-refractivity contribution is -0.115. The van der Waals surface area contributed by atoms with Crippen LogP contribution in [0.2, 0.25) is 0 Å². The number of para-hydroxylation sites is 1. The molecule has 0 saturated carbocycles. The Kier molecular flexibility index (Phi) is 7.29. The predicted molar refractivity (Wildman–Crippen MR) is 153 cm³/mol. The number of hydrogen-bond donors (Lipinski definition) is 2. The van der Waals surface area contributed by atoms with Crippen LogP contribution in [0.1, 0.15) is 24.1 Å². The summed E-state index contributed by atoms with van der Waals surface area (Å²) in [6.45, 7) is 3.47. The van der Waals surface area contributed by atoms with Crippen molar-refractivity contribution < 1.29 is 9.59 Å². The highest BCUT2D eigenvalue weighted by molar-refractivity contribution is 8.18. The van der Waals surface area contributed by atoms with Gasteiger partial charge in [-0.05, 0) is 79.0 Å². The molecule has 5 heterocycles. The average Bonchev–Trinajstić information content (AvgIpc) is 3.29. The number of benzene rings is 1. The molecule has 0 atom stereocenters. The maximum absolute atomic E-state index is 11.8. The molecule has 39 heavy (non-hydrogen) atoms. The Balaban J connectivity index is 1.02. The fraction of sp³-hybridized carbons (Fsp3) is 0.241. The molecule has 1 aromatic carbocycles. The van der Waals surface area contributed by atoms with Crippen LogP contribution in [0.15, 0.2) is 72.0 Å². The van der Waals surface area contributed by atoms with Crippen molar-refractivity contribution >= 4 is 45.8 Å². The van der Waals surface area contributed by atoms with Crippen molar-refractivity contribution in [3.05, 3.63) is 83.3 Å². The molecule has 9 nitrogen and oxygen atoms in total. The molecular weight excluding hydrogens is 510 g/mol. The van der Waals surface area contributed by atoms with Gasteiger partial charge in [-0.3, -0.25) is 24.9 Å². The Hall–Kier alpha value is -4.15. The summed E-state index contributed by atoms with van der Waals surface area (Å²) in [6.07, 6.45) is 9.12. The van der Waals surface area contributed by atoms with Gasteiger partial charge in [0.1, 0.15) is 0 Å². The smallest absolute Gasteiger partial charge is 0.290 e. The molecule has 196 valence electrons. The van der Waals surface area contributed by atoms with Crippen LogP contribution < -0.4 is 15.5 Å². The van der Waals surface area contributed by atoms with Crippen LogP contribution in [0.3, 0.4) is 0 Å². The first-order valence-corrected chi connectivity index (χ1v) is 13.8. The van der Waals surface area contributed by atoms with Crippen molar-refractivity contribution in [1.29, 1.82) is 0 Å². The van der Waals surface area contributed by atoms with Crippen LogP contribution in [0.4, 0.5) is 10.7 Å². The van der Waals surface area contributed by atoms with Crippen molar-refractivity contribution in [3.8, 4) is 11.3 Å². The minimum absolute atomic E-state index is 0.352. The maximum atomic E-state index is 11.8. The highest BCUT2D eigenvalue weighted by Crippen LogP contribution is 2.27. The van der Waals surface area contributed by atoms with Crippen LogP contribution in [0.5, 0.6) is 0 Å². The number of fused-ring (bicyclic) bond motifs is 1. The van der Waals surface area contributed by atoms with Gasteiger partial charge < -0.3 is 10.2 Å². The number of hydrogen-bond acceptors (Lipinski definition) is 9. The predicted octanol–water partition coefficient (Wildman–Crippen LogP) is 4.42. The Morgan fingerprint density at radius 3 is 2.67 bits per heavy atom. The second-order valence-corrected chi connectivity index (χ2v) is 10.6. The number of carbonyl (C=O) groups excluding carboxylic acids is 2. The molecule has 0 radical (unpaired) electrons. The maximum Gasteiger partial charge on any atom is 0.290 e. The third-order valence-corrected chi connectivity index (χ3v) is 7.80. The van der Waals surface area contributed by atoms with E-state index in [1.807, 2.05) is 36.7 Å². The Labute approximate surface area is 230 Å². The summed E-state index contributed by atoms with van der Waals surface area (Å²) in [7, 11) is 0. The molecule has 2 N–H and O–H groups in total. The van der Waals surface area contributed by atoms with Crippen LogP contribution in [-0.4, -0.2) is 50.7 Å². The number of pyridine rings is 2. The van der Waals surface area contributed by atoms with E-state index >= 15 is 0 Å². The summed E-state index contributed by atoms with van der Waals surface area (Å²) in [5.74, 6) is 0.840. The lowest BCUT2D eigenvalue weighted by atomic mass is 9.97. The zero-order valence-corrected chi connectivity index (χ0v) is 22.0. The van der Waals surface area contributed by atoms with Gasteiger partial charge in [-0.25, -0.2) is 9.97 Å². The molecule has 0 aliphatic carbocycles. The minimum Gasteiger partial charge on any atom is -0.341 e. The number of nitrogens with one attached hydrogen (secondary N) is 2. The molecule has 2 aliphatic heterocycles. The monoisotopic (exact) mass is 537 g/mol. The first kappa shape index (κ1) is 25.1. The highest BCUT2D eigenvalue weighted by atomic mass is 32.2. The molecule has 0 bridgehead atoms. The van der Waals surface area contributed by atoms with Crippen molar-refractivity contribution in [2.45, 2.75) is 19.4 Å². The molecule has 2 amide bonds. The lowest BCUT2D eigenvalue weighted by Crippen LogP contribution is -2.38. The van der Waals surface area contributed by atoms with Crippen LogP contribution >= 0.6 is 11.8 Å². The summed E-state index contributed by atoms with van der Waals surface area (Å²) in [5, 5.41) is 6.65. The van der Waals surface area contributed by atoms with E-state index in [0.29, 0.717) is 22.5 Å². The quantitative estimate of drug-likeness (QED) is 0.331. The second kappa shape index (κ2) is 11.3. The molecule has 2 fully saturated rings. The van der Waals surface area contributed by atoms with E-state index in [9.17, 15) is 9.59 Å². The molecule has 10 heteroatoms. The molecular formula is C29H27N7O2S. The molecule has 6 rings (SSSR count). The lowest BCUT2D eigenvalue weighted by Gasteiger charge is -2.32. The van der Waals surface area contributed by atoms with Crippen LogP contribution in [-0.2, 0) is 11.3 Å². The van der Waals surface area contributed by atoms with Gasteiger partial charge >= 0.3 is 0 Å². The zero-order valence-electron chi connectivity index (χ0n) is 21.2. The molecule has 3 aromatic heterocycles. The van der Waals surface area contributed by atoms with Crippen molar-refractivity contribution in [3.63, 3.8) is 0 Å². The Bertz CT molecular complexity index is 1560. The number of amides is 2. The number of piperidine rings is 1. The largest absolute Gasteiger partial charge is 0.341 e. The number of anilines is 1. The topological polar surface area (TPSA) is 113 Å². The fourth-order valence-corrected chi connectivity index (χ4v) is 5.63. The average molecular weight is 538 g/mol. The molecule has 4 aromatic rings. The van der Waals surface area contributed by atoms with E-state index in [1.165, 1.54) is 5.56 Å². The van der Waals surface area contributed by atoms with Crippen molar-refractivity contribution in [1.82, 2.24) is 30.6 Å². The SMILES string of the molecule is O=C1NC(=O)/C(=C/c2ccnc(N3CCC(CNCc4ccnc(-c5ccnc6ccccc56)c4)CC3)n2)S1. The Morgan fingerprint density at radius 1 is 1.00 bits per heavy atom. The number of rotatable bonds is 7. The van der Waals surface area contributed by atoms with Crippen LogP contribution in [0, 0.1) is 5.92 Å². The molecule has 2 aliphatic rings. The van der Waals surface area contributed by atoms with E-state index in [-0.39, 0.29) is 11.1 Å². The van der Waals surface area contributed by atoms with Gasteiger partial charge in [0.2, 0.25) is 5.95 Å². The molecule has 0 unspecified atom stereocenters. The standard InChI is InChI=1S/C29H27N7O2S/c37-27-26(39-29(38)35-27)16-21-6-11-33-28(34-21)36-13-8-19(9-14-36)17-30-18-20-5-10-32-25(15-20)23-7-12-31-24-4-2-1-3-22(23)24/h1-7,10-12,15-16,19,30H,8-9,13-14,17-18H2,(H,35,37,38)/b26-16-. The highest BCUT2D eigenvalue weighted by Gasteiger charge is 2.25. The van der Waals surface area contributed by atoms with E-state index < -0.39 is 0 Å². The van der Waals surface area contributed by atoms with E-state index in [0.717, 1.165) is 72.9 Å². The number of nitrogens with zero attached hydrogens (tertiary/aromatic N) is 5. The summed E-state index contributed by atoms with van der Waals surface area (Å²) in [6, 6.07) is 16.1. The zero-order chi connectivity index (χ0) is 26.6. The normalized spacial score (nSPS) is 17.2. The van der Waals surface area contributed by atoms with Gasteiger partial charge in [-0.15, -0.1) is 0 Å². The van der Waals surface area contributed by atoms with Gasteiger partial charge in [0, 0.05) is 49.2 Å². The molecule has 2 saturated heterocycles. The Morgan fingerprint density at radius 2 is 1.82 bits per heavy atom. The van der Waals surface area contributed by atoms with E-state index in [1.54, 1.807) is 18.3 Å². The first-order valence-electron chi connectivity index (χ1n) is 12.9. The van der Waals surface area contributed by atoms with Gasteiger partial charge in [-0.2, -0.15) is 0 Å². The molecule has 0 spiro atoms. The van der Waals surface area contributed by atoms with Crippen LogP contribution in [0.25, 0.3) is 28.2 Å². The minimum atomic E-state index is -0.382. The van der Waals surface area contributed by atoms with Crippen molar-refractivity contribution in [2.75, 3.05) is 24.5 Å². The first-order chi connectivity index (χ1) is 19.1. The van der Waals surface area contributed by atoms with Gasteiger partial charge in [0.25, 0.3) is 11.1 Å². The summed E-state index contributed by atoms with van der Waals surface area (Å²) in [4.78, 5) is 43.9. The third kappa shape index (κ3) is 5.81. The van der Waals surface area contributed by atoms with E-state index in [4.69, 9.17) is 0 Å². The number of thioether (sulfide) groups is 1. The van der Waals surface area contributed by atoms with Gasteiger partial charge in [-0.1, -0.05) is 18.2 Å². The number of carbonyl (C=O) groups is 2. The fourth-order valence-electron chi connectivity index (χ4n) is 4.96.